The molecule has 52 heavy (non-hydrogen) atoms. The van der Waals surface area contributed by atoms with Gasteiger partial charge in [-0.15, -0.1) is 11.3 Å². The van der Waals surface area contributed by atoms with Gasteiger partial charge in [-0.1, -0.05) is 50.6 Å². The van der Waals surface area contributed by atoms with Gasteiger partial charge in [-0.05, 0) is 47.6 Å². The Morgan fingerprint density at radius 2 is 1.90 bits per heavy atom. The number of carbonyl (C=O) groups excluding carboxylic acids is 2. The topological polar surface area (TPSA) is 141 Å². The summed E-state index contributed by atoms with van der Waals surface area (Å²) in [5.74, 6) is -2.63. The zero-order valence-electron chi connectivity index (χ0n) is 27.9. The van der Waals surface area contributed by atoms with Crippen molar-refractivity contribution in [2.45, 2.75) is 64.2 Å². The highest BCUT2D eigenvalue weighted by atomic mass is 35.5. The number of ether oxygens (including phenoxy) is 1. The molecular weight excluding hydrogens is 738 g/mol. The van der Waals surface area contributed by atoms with Crippen LogP contribution in [-0.2, 0) is 15.1 Å². The Hall–Kier alpha value is -4.71. The number of rotatable bonds is 12. The average molecular weight is 771 g/mol. The second-order valence-electron chi connectivity index (χ2n) is 13.1. The number of benzene rings is 2. The van der Waals surface area contributed by atoms with E-state index in [1.54, 1.807) is 17.8 Å². The normalized spacial score (nSPS) is 17.1. The number of carbonyl (C=O) groups is 2. The van der Waals surface area contributed by atoms with Crippen molar-refractivity contribution in [2.24, 2.45) is 16.1 Å². The second-order valence-corrected chi connectivity index (χ2v) is 14.4. The van der Waals surface area contributed by atoms with Crippen molar-refractivity contribution in [2.75, 3.05) is 13.2 Å². The van der Waals surface area contributed by atoms with E-state index in [1.165, 1.54) is 41.7 Å². The first-order valence-electron chi connectivity index (χ1n) is 15.7. The number of thiazole rings is 1. The molecule has 2 aromatic carbocycles. The second kappa shape index (κ2) is 15.1. The fourth-order valence-corrected chi connectivity index (χ4v) is 6.72. The molecule has 0 fully saturated rings. The molecule has 0 saturated heterocycles. The highest BCUT2D eigenvalue weighted by Crippen LogP contribution is 2.46. The Morgan fingerprint density at radius 1 is 1.15 bits per heavy atom. The van der Waals surface area contributed by atoms with Crippen LogP contribution in [0.3, 0.4) is 0 Å². The molecule has 2 aromatic heterocycles. The zero-order chi connectivity index (χ0) is 38.0. The number of aliphatic imine (C=N–C) groups is 1. The number of hydrogen-bond acceptors (Lipinski definition) is 9. The number of aromatic nitrogens is 4. The summed E-state index contributed by atoms with van der Waals surface area (Å²) in [6.07, 6.45) is -7.68. The van der Waals surface area contributed by atoms with Crippen LogP contribution in [0.2, 0.25) is 5.02 Å². The molecule has 0 aliphatic carbocycles. The van der Waals surface area contributed by atoms with Gasteiger partial charge in [0.15, 0.2) is 17.3 Å². The van der Waals surface area contributed by atoms with E-state index in [4.69, 9.17) is 22.1 Å². The molecule has 4 aromatic rings. The van der Waals surface area contributed by atoms with Gasteiger partial charge >= 0.3 is 12.3 Å². The van der Waals surface area contributed by atoms with E-state index in [0.717, 1.165) is 15.9 Å². The zero-order valence-corrected chi connectivity index (χ0v) is 29.5. The van der Waals surface area contributed by atoms with Gasteiger partial charge in [0.2, 0.25) is 0 Å². The SMILES string of the molecule is CC(C)(C)C[C@]1(c2ccc(-c3cncs3)cc2F)N=C(N)N(C(COC(=O)NCCCC(F)(F)F)c2ccc(Cl)c(-n3ncnc3C(F)F)c2)C1=O. The summed E-state index contributed by atoms with van der Waals surface area (Å²) in [7, 11) is 0. The van der Waals surface area contributed by atoms with Crippen LogP contribution in [0.15, 0.2) is 59.4 Å². The lowest BCUT2D eigenvalue weighted by Crippen LogP contribution is -2.48. The summed E-state index contributed by atoms with van der Waals surface area (Å²) in [6.45, 7) is 4.47. The number of nitrogens with two attached hydrogens (primary N) is 1. The van der Waals surface area contributed by atoms with E-state index in [-0.39, 0.29) is 40.8 Å². The highest BCUT2D eigenvalue weighted by molar-refractivity contribution is 7.13. The minimum atomic E-state index is -4.43. The largest absolute Gasteiger partial charge is 0.447 e. The number of alkyl carbamates (subject to hydrolysis) is 1. The lowest BCUT2D eigenvalue weighted by molar-refractivity contribution is -0.135. The third-order valence-electron chi connectivity index (χ3n) is 7.99. The highest BCUT2D eigenvalue weighted by Gasteiger charge is 2.54. The van der Waals surface area contributed by atoms with Crippen LogP contribution < -0.4 is 11.1 Å². The number of amides is 2. The molecule has 2 amide bonds. The van der Waals surface area contributed by atoms with Crippen molar-refractivity contribution < 1.29 is 40.7 Å². The van der Waals surface area contributed by atoms with Gasteiger partial charge in [0.25, 0.3) is 12.3 Å². The van der Waals surface area contributed by atoms with E-state index in [9.17, 15) is 31.5 Å². The van der Waals surface area contributed by atoms with Crippen molar-refractivity contribution in [1.29, 1.82) is 0 Å². The van der Waals surface area contributed by atoms with Gasteiger partial charge in [0.05, 0.1) is 27.1 Å². The number of halogens is 7. The maximum absolute atomic E-state index is 16.2. The molecule has 0 saturated carbocycles. The minimum Gasteiger partial charge on any atom is -0.447 e. The monoisotopic (exact) mass is 770 g/mol. The molecule has 0 bridgehead atoms. The van der Waals surface area contributed by atoms with Crippen molar-refractivity contribution in [3.8, 4) is 16.1 Å². The Balaban J connectivity index is 1.56. The molecule has 11 nitrogen and oxygen atoms in total. The fourth-order valence-electron chi connectivity index (χ4n) is 5.91. The molecule has 0 spiro atoms. The van der Waals surface area contributed by atoms with Crippen LogP contribution in [-0.4, -0.2) is 61.9 Å². The predicted molar refractivity (Wildman–Crippen MR) is 180 cm³/mol. The van der Waals surface area contributed by atoms with Gasteiger partial charge in [-0.3, -0.25) is 14.7 Å². The van der Waals surface area contributed by atoms with Gasteiger partial charge in [-0.25, -0.2) is 32.6 Å². The number of nitrogens with zero attached hydrogens (tertiary/aromatic N) is 6. The fraction of sp³-hybridized carbons (Fsp3) is 0.394. The lowest BCUT2D eigenvalue weighted by atomic mass is 9.75. The van der Waals surface area contributed by atoms with Crippen molar-refractivity contribution in [3.05, 3.63) is 82.2 Å². The van der Waals surface area contributed by atoms with Crippen LogP contribution in [0.4, 0.5) is 31.1 Å². The third kappa shape index (κ3) is 8.49. The first kappa shape index (κ1) is 38.5. The smallest absolute Gasteiger partial charge is 0.407 e. The van der Waals surface area contributed by atoms with Crippen LogP contribution in [0, 0.1) is 11.2 Å². The molecule has 0 radical (unpaired) electrons. The lowest BCUT2D eigenvalue weighted by Gasteiger charge is -2.35. The third-order valence-corrected chi connectivity index (χ3v) is 9.13. The maximum Gasteiger partial charge on any atom is 0.407 e. The van der Waals surface area contributed by atoms with E-state index in [1.807, 2.05) is 20.8 Å². The molecule has 3 heterocycles. The van der Waals surface area contributed by atoms with Crippen LogP contribution >= 0.6 is 22.9 Å². The quantitative estimate of drug-likeness (QED) is 0.111. The summed E-state index contributed by atoms with van der Waals surface area (Å²) >= 11 is 7.69. The molecule has 19 heteroatoms. The Bertz CT molecular complexity index is 1950. The van der Waals surface area contributed by atoms with Crippen LogP contribution in [0.5, 0.6) is 0 Å². The van der Waals surface area contributed by atoms with Gasteiger partial charge in [-0.2, -0.15) is 18.3 Å². The summed E-state index contributed by atoms with van der Waals surface area (Å²) < 4.78 is 87.7. The minimum absolute atomic E-state index is 0.0251. The molecule has 1 unspecified atom stereocenters. The van der Waals surface area contributed by atoms with Crippen LogP contribution in [0.25, 0.3) is 16.1 Å². The van der Waals surface area contributed by atoms with Gasteiger partial charge in [0, 0.05) is 24.7 Å². The summed E-state index contributed by atoms with van der Waals surface area (Å²) in [4.78, 5) is 41.4. The van der Waals surface area contributed by atoms with Crippen molar-refractivity contribution in [1.82, 2.24) is 30.0 Å². The first-order valence-corrected chi connectivity index (χ1v) is 17.0. The Morgan fingerprint density at radius 3 is 2.54 bits per heavy atom. The number of alkyl halides is 5. The summed E-state index contributed by atoms with van der Waals surface area (Å²) in [5, 5.41) is 6.06. The standard InChI is InChI=1S/C33H33ClF6N8O3S/c1-31(2,3)15-32(20-7-5-19(11-22(20)35)25-13-42-17-52-25)28(49)47(29(41)46-32)24(14-51-30(50)43-10-4-9-33(38,39)40)18-6-8-21(34)23(12-18)48-27(26(36)37)44-16-45-48/h5-8,11-13,16-17,24,26H,4,9-10,14-15H2,1-3H3,(H2,41,46)(H,43,50)/t24?,32-/m1/s1. The molecule has 2 atom stereocenters. The summed E-state index contributed by atoms with van der Waals surface area (Å²) in [5.41, 5.74) is 6.07. The molecule has 5 rings (SSSR count). The Kier molecular flexibility index (Phi) is 11.2. The Labute approximate surface area is 302 Å². The molecule has 278 valence electrons. The molecule has 3 N–H and O–H groups in total. The van der Waals surface area contributed by atoms with Gasteiger partial charge < -0.3 is 15.8 Å². The number of guanidine groups is 1. The van der Waals surface area contributed by atoms with Crippen molar-refractivity contribution in [3.63, 3.8) is 0 Å². The number of nitrogens with one attached hydrogen (secondary N) is 1. The number of hydrogen-bond donors (Lipinski definition) is 2. The van der Waals surface area contributed by atoms with E-state index in [0.29, 0.717) is 10.4 Å². The van der Waals surface area contributed by atoms with Crippen LogP contribution in [0.1, 0.15) is 69.5 Å². The predicted octanol–water partition coefficient (Wildman–Crippen LogP) is 7.72. The van der Waals surface area contributed by atoms with Gasteiger partial charge in [0.1, 0.15) is 18.8 Å². The van der Waals surface area contributed by atoms with E-state index in [2.05, 4.69) is 25.4 Å². The maximum atomic E-state index is 16.2. The summed E-state index contributed by atoms with van der Waals surface area (Å²) in [6, 6.07) is 7.09. The first-order chi connectivity index (χ1) is 24.4. The average Bonchev–Trinajstić information content (AvgIpc) is 3.81. The van der Waals surface area contributed by atoms with E-state index >= 15 is 4.39 Å². The molecular formula is C33H33ClF6N8O3S. The molecule has 1 aliphatic heterocycles. The van der Waals surface area contributed by atoms with E-state index < -0.39 is 72.7 Å². The van der Waals surface area contributed by atoms with Crippen molar-refractivity contribution >= 4 is 40.9 Å². The molecule has 1 aliphatic rings.